The lowest BCUT2D eigenvalue weighted by molar-refractivity contribution is 0.669. The lowest BCUT2D eigenvalue weighted by Crippen LogP contribution is -2.12. The fourth-order valence-electron chi connectivity index (χ4n) is 6.15. The number of allylic oxidation sites excluding steroid dienone is 2. The first-order valence-electron chi connectivity index (χ1n) is 13.7. The van der Waals surface area contributed by atoms with Crippen LogP contribution in [0.3, 0.4) is 0 Å². The summed E-state index contributed by atoms with van der Waals surface area (Å²) in [6.45, 7) is 0.793. The molecule has 0 bridgehead atoms. The van der Waals surface area contributed by atoms with Gasteiger partial charge < -0.3 is 14.6 Å². The summed E-state index contributed by atoms with van der Waals surface area (Å²) in [6.07, 6.45) is 6.25. The molecule has 0 radical (unpaired) electrons. The Morgan fingerprint density at radius 3 is 2.20 bits per heavy atom. The molecule has 0 saturated heterocycles. The molecule has 3 nitrogen and oxygen atoms in total. The molecule has 8 rings (SSSR count). The van der Waals surface area contributed by atoms with Gasteiger partial charge in [-0.3, -0.25) is 0 Å². The first-order valence-corrected chi connectivity index (χ1v) is 13.7. The summed E-state index contributed by atoms with van der Waals surface area (Å²) in [4.78, 5) is 2.37. The van der Waals surface area contributed by atoms with E-state index in [1.807, 2.05) is 6.20 Å². The first kappa shape index (κ1) is 22.7. The molecule has 0 spiro atoms. The van der Waals surface area contributed by atoms with Crippen LogP contribution < -0.4 is 10.2 Å². The van der Waals surface area contributed by atoms with E-state index in [4.69, 9.17) is 4.42 Å². The number of hydrogen-bond acceptors (Lipinski definition) is 3. The molecule has 0 unspecified atom stereocenters. The minimum Gasteiger partial charge on any atom is -0.456 e. The fourth-order valence-corrected chi connectivity index (χ4v) is 6.15. The lowest BCUT2D eigenvalue weighted by Gasteiger charge is -2.28. The maximum absolute atomic E-state index is 6.65. The number of benzene rings is 6. The van der Waals surface area contributed by atoms with Gasteiger partial charge in [-0.05, 0) is 58.5 Å². The van der Waals surface area contributed by atoms with Gasteiger partial charge in [-0.1, -0.05) is 97.1 Å². The normalized spacial score (nSPS) is 13.2. The Morgan fingerprint density at radius 1 is 0.600 bits per heavy atom. The second kappa shape index (κ2) is 9.18. The van der Waals surface area contributed by atoms with Crippen molar-refractivity contribution in [3.05, 3.63) is 145 Å². The van der Waals surface area contributed by atoms with E-state index in [0.29, 0.717) is 0 Å². The van der Waals surface area contributed by atoms with Crippen LogP contribution in [0.25, 0.3) is 49.1 Å². The number of para-hydroxylation sites is 1. The van der Waals surface area contributed by atoms with Crippen molar-refractivity contribution in [2.24, 2.45) is 0 Å². The van der Waals surface area contributed by atoms with Crippen molar-refractivity contribution in [1.29, 1.82) is 0 Å². The largest absolute Gasteiger partial charge is 0.456 e. The van der Waals surface area contributed by atoms with Gasteiger partial charge in [0.1, 0.15) is 11.2 Å². The highest BCUT2D eigenvalue weighted by molar-refractivity contribution is 6.24. The Kier molecular flexibility index (Phi) is 5.20. The molecule has 190 valence electrons. The number of nitrogens with zero attached hydrogens (tertiary/aromatic N) is 1. The smallest absolute Gasteiger partial charge is 0.138 e. The zero-order chi connectivity index (χ0) is 26.5. The van der Waals surface area contributed by atoms with Gasteiger partial charge in [-0.25, -0.2) is 0 Å². The number of nitrogens with one attached hydrogen (secondary N) is 1. The Morgan fingerprint density at radius 2 is 1.35 bits per heavy atom. The third-order valence-corrected chi connectivity index (χ3v) is 7.90. The topological polar surface area (TPSA) is 28.4 Å². The van der Waals surface area contributed by atoms with Crippen molar-refractivity contribution in [3.8, 4) is 0 Å². The highest BCUT2D eigenvalue weighted by atomic mass is 16.3. The molecule has 40 heavy (non-hydrogen) atoms. The molecule has 0 fully saturated rings. The second-order valence-corrected chi connectivity index (χ2v) is 10.2. The van der Waals surface area contributed by atoms with Gasteiger partial charge in [-0.15, -0.1) is 0 Å². The molecule has 7 aromatic rings. The average Bonchev–Trinajstić information content (AvgIpc) is 3.41. The number of hydrogen-bond donors (Lipinski definition) is 1. The van der Waals surface area contributed by atoms with Crippen LogP contribution in [0, 0.1) is 0 Å². The summed E-state index contributed by atoms with van der Waals surface area (Å²) in [5.74, 6) is 0. The second-order valence-electron chi connectivity index (χ2n) is 10.2. The number of furan rings is 1. The molecule has 1 aromatic heterocycles. The van der Waals surface area contributed by atoms with E-state index in [-0.39, 0.29) is 0 Å². The van der Waals surface area contributed by atoms with Gasteiger partial charge in [0.15, 0.2) is 0 Å². The molecule has 1 aliphatic heterocycles. The minimum absolute atomic E-state index is 0.793. The Balaban J connectivity index is 1.48. The quantitative estimate of drug-likeness (QED) is 0.253. The summed E-state index contributed by atoms with van der Waals surface area (Å²) in [6, 6.07) is 43.1. The van der Waals surface area contributed by atoms with Crippen LogP contribution in [0.1, 0.15) is 5.56 Å². The summed E-state index contributed by atoms with van der Waals surface area (Å²) >= 11 is 0. The molecule has 0 aliphatic carbocycles. The minimum atomic E-state index is 0.793. The number of rotatable bonds is 4. The van der Waals surface area contributed by atoms with Crippen molar-refractivity contribution in [2.45, 2.75) is 0 Å². The van der Waals surface area contributed by atoms with Crippen LogP contribution in [0.15, 0.2) is 144 Å². The van der Waals surface area contributed by atoms with E-state index < -0.39 is 0 Å². The summed E-state index contributed by atoms with van der Waals surface area (Å²) in [5.41, 5.74) is 7.58. The zero-order valence-electron chi connectivity index (χ0n) is 21.8. The van der Waals surface area contributed by atoms with Crippen LogP contribution in [-0.2, 0) is 0 Å². The Labute approximate surface area is 232 Å². The van der Waals surface area contributed by atoms with Crippen molar-refractivity contribution >= 4 is 66.1 Å². The number of fused-ring (bicyclic) bond motifs is 6. The molecule has 0 amide bonds. The van der Waals surface area contributed by atoms with Crippen LogP contribution >= 0.6 is 0 Å². The number of anilines is 3. The van der Waals surface area contributed by atoms with E-state index in [9.17, 15) is 0 Å². The molecule has 2 heterocycles. The first-order chi connectivity index (χ1) is 19.9. The van der Waals surface area contributed by atoms with Crippen molar-refractivity contribution in [1.82, 2.24) is 5.32 Å². The lowest BCUT2D eigenvalue weighted by atomic mass is 9.95. The van der Waals surface area contributed by atoms with Crippen LogP contribution in [0.2, 0.25) is 0 Å². The average molecular weight is 515 g/mol. The van der Waals surface area contributed by atoms with Crippen LogP contribution in [0.4, 0.5) is 17.1 Å². The molecule has 1 aliphatic rings. The van der Waals surface area contributed by atoms with Crippen molar-refractivity contribution in [2.75, 3.05) is 11.4 Å². The maximum Gasteiger partial charge on any atom is 0.138 e. The molecular weight excluding hydrogens is 488 g/mol. The van der Waals surface area contributed by atoms with Gasteiger partial charge in [0, 0.05) is 39.8 Å². The van der Waals surface area contributed by atoms with E-state index in [1.165, 1.54) is 38.1 Å². The monoisotopic (exact) mass is 514 g/mol. The third-order valence-electron chi connectivity index (χ3n) is 7.90. The SMILES string of the molecule is C1=CNCC(c2cccc3oc4cc(N(c5ccccc5)c5cccc6ccccc56)c5ccccc5c4c23)=C1. The number of dihydropyridines is 1. The van der Waals surface area contributed by atoms with Gasteiger partial charge >= 0.3 is 0 Å². The predicted octanol–water partition coefficient (Wildman–Crippen LogP) is 9.86. The maximum atomic E-state index is 6.65. The fraction of sp³-hybridized carbons (Fsp3) is 0.0270. The molecule has 1 N–H and O–H groups in total. The van der Waals surface area contributed by atoms with Crippen LogP contribution in [-0.4, -0.2) is 6.54 Å². The van der Waals surface area contributed by atoms with E-state index in [2.05, 4.69) is 144 Å². The van der Waals surface area contributed by atoms with E-state index >= 15 is 0 Å². The molecular formula is C37H26N2O. The summed E-state index contributed by atoms with van der Waals surface area (Å²) < 4.78 is 6.65. The van der Waals surface area contributed by atoms with Crippen LogP contribution in [0.5, 0.6) is 0 Å². The van der Waals surface area contributed by atoms with Gasteiger partial charge in [-0.2, -0.15) is 0 Å². The predicted molar refractivity (Wildman–Crippen MR) is 169 cm³/mol. The highest BCUT2D eigenvalue weighted by Gasteiger charge is 2.22. The molecule has 6 aromatic carbocycles. The summed E-state index contributed by atoms with van der Waals surface area (Å²) in [7, 11) is 0. The standard InChI is InChI=1S/C37H26N2O/c1-2-14-27(15-3-1)39(32-20-8-12-25-11-4-5-16-28(25)32)33-23-35-37(31-18-7-6-17-30(31)33)36-29(19-9-21-34(36)40-35)26-13-10-22-38-24-26/h1-23,38H,24H2. The van der Waals surface area contributed by atoms with E-state index in [0.717, 1.165) is 40.2 Å². The molecule has 0 saturated carbocycles. The summed E-state index contributed by atoms with van der Waals surface area (Å²) in [5, 5.41) is 10.5. The van der Waals surface area contributed by atoms with Gasteiger partial charge in [0.2, 0.25) is 0 Å². The molecule has 0 atom stereocenters. The van der Waals surface area contributed by atoms with Crippen molar-refractivity contribution < 1.29 is 4.42 Å². The highest BCUT2D eigenvalue weighted by Crippen LogP contribution is 2.47. The van der Waals surface area contributed by atoms with Gasteiger partial charge in [0.25, 0.3) is 0 Å². The van der Waals surface area contributed by atoms with E-state index in [1.54, 1.807) is 0 Å². The molecule has 3 heteroatoms. The Hall–Kier alpha value is -5.28. The van der Waals surface area contributed by atoms with Gasteiger partial charge in [0.05, 0.1) is 11.4 Å². The van der Waals surface area contributed by atoms with Crippen molar-refractivity contribution in [3.63, 3.8) is 0 Å². The Bertz CT molecular complexity index is 2110. The third kappa shape index (κ3) is 3.52. The zero-order valence-corrected chi connectivity index (χ0v) is 21.8.